The molecule has 1 aliphatic heterocycles. The van der Waals surface area contributed by atoms with Crippen LogP contribution in [0.25, 0.3) is 11.3 Å². The number of nitrogens with one attached hydrogen (secondary N) is 1. The average molecular weight is 388 g/mol. The molecule has 0 aliphatic carbocycles. The number of benzene rings is 1. The van der Waals surface area contributed by atoms with E-state index >= 15 is 0 Å². The second-order valence-corrected chi connectivity index (χ2v) is 8.34. The predicted octanol–water partition coefficient (Wildman–Crippen LogP) is 3.63. The molecule has 2 heterocycles. The number of hydrogen-bond acceptors (Lipinski definition) is 5. The lowest BCUT2D eigenvalue weighted by Gasteiger charge is -2.20. The number of likely N-dealkylation sites (tertiary alicyclic amines) is 1. The number of aryl methyl sites for hydroxylation is 2. The van der Waals surface area contributed by atoms with Crippen molar-refractivity contribution >= 4 is 28.3 Å². The summed E-state index contributed by atoms with van der Waals surface area (Å²) in [4.78, 5) is 32.0. The largest absolute Gasteiger partial charge is 0.496 e. The van der Waals surface area contributed by atoms with Crippen molar-refractivity contribution in [3.63, 3.8) is 0 Å². The molecule has 0 spiro atoms. The highest BCUT2D eigenvalue weighted by Gasteiger charge is 2.35. The van der Waals surface area contributed by atoms with Crippen LogP contribution >= 0.6 is 11.3 Å². The number of hydrogen-bond donors (Lipinski definition) is 1. The first-order chi connectivity index (χ1) is 12.8. The molecule has 1 aromatic carbocycles. The number of ether oxygens (including phenoxy) is 1. The minimum Gasteiger partial charge on any atom is -0.496 e. The van der Waals surface area contributed by atoms with Crippen molar-refractivity contribution in [1.29, 1.82) is 0 Å². The van der Waals surface area contributed by atoms with Gasteiger partial charge in [0, 0.05) is 29.4 Å². The van der Waals surface area contributed by atoms with Gasteiger partial charge in [-0.3, -0.25) is 9.59 Å². The van der Waals surface area contributed by atoms with Crippen LogP contribution in [0.3, 0.4) is 0 Å². The van der Waals surface area contributed by atoms with Crippen molar-refractivity contribution in [1.82, 2.24) is 9.88 Å². The quantitative estimate of drug-likeness (QED) is 0.850. The van der Waals surface area contributed by atoms with Gasteiger partial charge >= 0.3 is 0 Å². The van der Waals surface area contributed by atoms with E-state index in [1.165, 1.54) is 11.3 Å². The highest BCUT2D eigenvalue weighted by molar-refractivity contribution is 7.16. The summed E-state index contributed by atoms with van der Waals surface area (Å²) in [5.74, 6) is 0.407. The van der Waals surface area contributed by atoms with E-state index in [0.717, 1.165) is 27.4 Å². The first-order valence-electron chi connectivity index (χ1n) is 9.03. The molecule has 1 aliphatic rings. The van der Waals surface area contributed by atoms with Crippen molar-refractivity contribution in [2.45, 2.75) is 40.2 Å². The lowest BCUT2D eigenvalue weighted by atomic mass is 10.1. The topological polar surface area (TPSA) is 71.5 Å². The van der Waals surface area contributed by atoms with Crippen molar-refractivity contribution in [3.8, 4) is 17.0 Å². The molecule has 144 valence electrons. The van der Waals surface area contributed by atoms with Crippen LogP contribution in [0.15, 0.2) is 18.2 Å². The number of methoxy groups -OCH3 is 1. The third kappa shape index (κ3) is 3.98. The fourth-order valence-corrected chi connectivity index (χ4v) is 4.20. The highest BCUT2D eigenvalue weighted by atomic mass is 32.1. The summed E-state index contributed by atoms with van der Waals surface area (Å²) >= 11 is 1.45. The summed E-state index contributed by atoms with van der Waals surface area (Å²) in [5.41, 5.74) is 2.88. The number of rotatable bonds is 5. The molecule has 0 bridgehead atoms. The number of aromatic nitrogens is 1. The van der Waals surface area contributed by atoms with Crippen LogP contribution in [0.4, 0.5) is 5.13 Å². The second kappa shape index (κ2) is 7.68. The SMILES string of the molecule is COc1ccc(-c2nc(NC(=O)C3CC(=O)N(C(C)C)C3)sc2C)cc1C. The van der Waals surface area contributed by atoms with E-state index in [9.17, 15) is 9.59 Å². The molecule has 2 aromatic rings. The van der Waals surface area contributed by atoms with Gasteiger partial charge in [-0.05, 0) is 51.5 Å². The first-order valence-corrected chi connectivity index (χ1v) is 9.84. The average Bonchev–Trinajstić information content (AvgIpc) is 3.17. The van der Waals surface area contributed by atoms with Gasteiger partial charge in [0.15, 0.2) is 5.13 Å². The standard InChI is InChI=1S/C20H25N3O3S/c1-11(2)23-10-15(9-17(23)24)19(25)22-20-21-18(13(4)27-20)14-6-7-16(26-5)12(3)8-14/h6-8,11,15H,9-10H2,1-5H3,(H,21,22,25). The zero-order valence-corrected chi connectivity index (χ0v) is 17.1. The van der Waals surface area contributed by atoms with Crippen LogP contribution < -0.4 is 10.1 Å². The predicted molar refractivity (Wildman–Crippen MR) is 107 cm³/mol. The third-order valence-electron chi connectivity index (χ3n) is 4.85. The molecule has 3 rings (SSSR count). The Labute approximate surface area is 163 Å². The fraction of sp³-hybridized carbons (Fsp3) is 0.450. The van der Waals surface area contributed by atoms with Crippen molar-refractivity contribution in [2.75, 3.05) is 19.0 Å². The Kier molecular flexibility index (Phi) is 5.51. The molecule has 1 aromatic heterocycles. The smallest absolute Gasteiger partial charge is 0.231 e. The molecular formula is C20H25N3O3S. The lowest BCUT2D eigenvalue weighted by molar-refractivity contribution is -0.129. The Hall–Kier alpha value is -2.41. The monoisotopic (exact) mass is 387 g/mol. The van der Waals surface area contributed by atoms with Crippen molar-refractivity contribution < 1.29 is 14.3 Å². The van der Waals surface area contributed by atoms with Crippen LogP contribution in [-0.2, 0) is 9.59 Å². The van der Waals surface area contributed by atoms with Gasteiger partial charge in [0.25, 0.3) is 0 Å². The van der Waals surface area contributed by atoms with Crippen molar-refractivity contribution in [2.24, 2.45) is 5.92 Å². The normalized spacial score (nSPS) is 16.9. The summed E-state index contributed by atoms with van der Waals surface area (Å²) in [5, 5.41) is 3.46. The fourth-order valence-electron chi connectivity index (χ4n) is 3.36. The number of amides is 2. The number of carbonyl (C=O) groups is 2. The third-order valence-corrected chi connectivity index (χ3v) is 5.73. The lowest BCUT2D eigenvalue weighted by Crippen LogP contribution is -2.33. The second-order valence-electron chi connectivity index (χ2n) is 7.14. The molecule has 27 heavy (non-hydrogen) atoms. The molecule has 1 atom stereocenters. The highest BCUT2D eigenvalue weighted by Crippen LogP contribution is 2.33. The molecule has 1 saturated heterocycles. The summed E-state index contributed by atoms with van der Waals surface area (Å²) in [6.07, 6.45) is 0.263. The van der Waals surface area contributed by atoms with E-state index in [1.807, 2.05) is 45.9 Å². The van der Waals surface area contributed by atoms with E-state index in [-0.39, 0.29) is 30.2 Å². The zero-order chi connectivity index (χ0) is 19.7. The van der Waals surface area contributed by atoms with Crippen molar-refractivity contribution in [3.05, 3.63) is 28.6 Å². The molecular weight excluding hydrogens is 362 g/mol. The molecule has 2 amide bonds. The van der Waals surface area contributed by atoms with Gasteiger partial charge < -0.3 is 15.0 Å². The number of nitrogens with zero attached hydrogens (tertiary/aromatic N) is 2. The summed E-state index contributed by atoms with van der Waals surface area (Å²) in [6.45, 7) is 8.38. The van der Waals surface area contributed by atoms with Crippen LogP contribution in [0, 0.1) is 19.8 Å². The number of anilines is 1. The van der Waals surface area contributed by atoms with E-state index in [4.69, 9.17) is 4.74 Å². The van der Waals surface area contributed by atoms with Crippen LogP contribution in [0.5, 0.6) is 5.75 Å². The summed E-state index contributed by atoms with van der Waals surface area (Å²) in [6, 6.07) is 6.03. The van der Waals surface area contributed by atoms with Gasteiger partial charge in [-0.15, -0.1) is 11.3 Å². The van der Waals surface area contributed by atoms with Gasteiger partial charge in [0.05, 0.1) is 18.7 Å². The molecule has 0 saturated carbocycles. The van der Waals surface area contributed by atoms with Crippen LogP contribution in [0.2, 0.25) is 0 Å². The van der Waals surface area contributed by atoms with Crippen LogP contribution in [0.1, 0.15) is 30.7 Å². The zero-order valence-electron chi connectivity index (χ0n) is 16.3. The molecule has 1 unspecified atom stereocenters. The maximum atomic E-state index is 12.6. The number of carbonyl (C=O) groups excluding carboxylic acids is 2. The van der Waals surface area contributed by atoms with E-state index in [1.54, 1.807) is 12.0 Å². The Bertz CT molecular complexity index is 875. The van der Waals surface area contributed by atoms with Crippen LogP contribution in [-0.4, -0.2) is 41.4 Å². The summed E-state index contributed by atoms with van der Waals surface area (Å²) in [7, 11) is 1.65. The van der Waals surface area contributed by atoms with Gasteiger partial charge in [-0.1, -0.05) is 0 Å². The first kappa shape index (κ1) is 19.4. The molecule has 7 heteroatoms. The van der Waals surface area contributed by atoms with E-state index < -0.39 is 0 Å². The Morgan fingerprint density at radius 1 is 1.37 bits per heavy atom. The van der Waals surface area contributed by atoms with Gasteiger partial charge in [0.2, 0.25) is 11.8 Å². The van der Waals surface area contributed by atoms with E-state index in [0.29, 0.717) is 11.7 Å². The molecule has 1 fully saturated rings. The maximum absolute atomic E-state index is 12.6. The molecule has 0 radical (unpaired) electrons. The molecule has 6 nitrogen and oxygen atoms in total. The Morgan fingerprint density at radius 2 is 2.11 bits per heavy atom. The minimum atomic E-state index is -0.323. The van der Waals surface area contributed by atoms with Gasteiger partial charge in [0.1, 0.15) is 5.75 Å². The Morgan fingerprint density at radius 3 is 2.70 bits per heavy atom. The van der Waals surface area contributed by atoms with E-state index in [2.05, 4.69) is 10.3 Å². The molecule has 1 N–H and O–H groups in total. The maximum Gasteiger partial charge on any atom is 0.231 e. The minimum absolute atomic E-state index is 0.0369. The van der Waals surface area contributed by atoms with Gasteiger partial charge in [-0.2, -0.15) is 0 Å². The number of thiazole rings is 1. The Balaban J connectivity index is 1.74. The summed E-state index contributed by atoms with van der Waals surface area (Å²) < 4.78 is 5.31. The van der Waals surface area contributed by atoms with Gasteiger partial charge in [-0.25, -0.2) is 4.98 Å².